The van der Waals surface area contributed by atoms with Crippen molar-refractivity contribution in [2.45, 2.75) is 30.6 Å². The Morgan fingerprint density at radius 2 is 1.90 bits per heavy atom. The number of hydrogen-bond donors (Lipinski definition) is 1. The maximum atomic E-state index is 13.4. The van der Waals surface area contributed by atoms with Crippen LogP contribution in [0, 0.1) is 0 Å². The van der Waals surface area contributed by atoms with Crippen molar-refractivity contribution in [3.05, 3.63) is 53.1 Å². The Morgan fingerprint density at radius 1 is 1.10 bits per heavy atom. The number of carbonyl (C=O) groups excluding carboxylic acids is 2. The molecule has 2 amide bonds. The second-order valence-electron chi connectivity index (χ2n) is 8.65. The Bertz CT molecular complexity index is 1030. The van der Waals surface area contributed by atoms with E-state index in [-0.39, 0.29) is 16.8 Å². The predicted molar refractivity (Wildman–Crippen MR) is 128 cm³/mol. The highest BCUT2D eigenvalue weighted by Crippen LogP contribution is 2.38. The molecule has 2 aliphatic heterocycles. The van der Waals surface area contributed by atoms with Gasteiger partial charge in [-0.2, -0.15) is 0 Å². The summed E-state index contributed by atoms with van der Waals surface area (Å²) < 4.78 is 0. The number of hydrogen-bond acceptors (Lipinski definition) is 4. The summed E-state index contributed by atoms with van der Waals surface area (Å²) in [4.78, 5) is 32.1. The summed E-state index contributed by atoms with van der Waals surface area (Å²) in [5, 5.41) is 3.09. The molecule has 2 aromatic rings. The molecular formula is C24H27BrN4O2. The monoisotopic (exact) mass is 482 g/mol. The first-order valence-electron chi connectivity index (χ1n) is 11.0. The van der Waals surface area contributed by atoms with E-state index in [1.165, 1.54) is 5.56 Å². The average Bonchev–Trinajstić information content (AvgIpc) is 3.10. The van der Waals surface area contributed by atoms with Crippen LogP contribution in [0.15, 0.2) is 36.4 Å². The van der Waals surface area contributed by atoms with Crippen molar-refractivity contribution in [1.29, 1.82) is 0 Å². The maximum Gasteiger partial charge on any atom is 0.327 e. The van der Waals surface area contributed by atoms with Gasteiger partial charge in [-0.15, -0.1) is 0 Å². The molecule has 5 rings (SSSR count). The molecule has 2 heterocycles. The van der Waals surface area contributed by atoms with Gasteiger partial charge in [-0.1, -0.05) is 34.1 Å². The van der Waals surface area contributed by atoms with Gasteiger partial charge in [-0.05, 0) is 49.2 Å². The molecule has 1 saturated heterocycles. The number of rotatable bonds is 2. The first-order chi connectivity index (χ1) is 15.0. The molecule has 1 fully saturated rings. The van der Waals surface area contributed by atoms with E-state index in [9.17, 15) is 9.59 Å². The van der Waals surface area contributed by atoms with E-state index in [1.807, 2.05) is 18.2 Å². The summed E-state index contributed by atoms with van der Waals surface area (Å²) in [5.74, 6) is 0.166. The molecule has 2 aromatic carbocycles. The van der Waals surface area contributed by atoms with Crippen LogP contribution in [0.3, 0.4) is 0 Å². The first-order valence-corrected chi connectivity index (χ1v) is 11.9. The smallest absolute Gasteiger partial charge is 0.327 e. The van der Waals surface area contributed by atoms with Crippen molar-refractivity contribution in [3.8, 4) is 0 Å². The standard InChI is InChI=1S/C24H27BrN4O2/c1-27-10-12-28(13-11-27)17-9-8-16-14-23(25)29(21(16)15-17)24(31)26-20-6-2-5-19-18(20)4-3-7-22(19)30/h2,5-6,8-9,15,23H,3-4,7,10-14H2,1H3,(H,26,31)/t23-/m1/s1. The Balaban J connectivity index is 1.40. The number of nitrogens with one attached hydrogen (secondary N) is 1. The van der Waals surface area contributed by atoms with Crippen LogP contribution in [0.2, 0.25) is 0 Å². The van der Waals surface area contributed by atoms with E-state index in [4.69, 9.17) is 0 Å². The number of piperazine rings is 1. The lowest BCUT2D eigenvalue weighted by Crippen LogP contribution is -2.44. The van der Waals surface area contributed by atoms with Gasteiger partial charge in [0.2, 0.25) is 0 Å². The fourth-order valence-corrected chi connectivity index (χ4v) is 5.60. The molecule has 0 saturated carbocycles. The number of benzene rings is 2. The van der Waals surface area contributed by atoms with Crippen LogP contribution in [-0.2, 0) is 12.8 Å². The molecule has 0 bridgehead atoms. The van der Waals surface area contributed by atoms with Gasteiger partial charge in [-0.3, -0.25) is 9.69 Å². The summed E-state index contributed by atoms with van der Waals surface area (Å²) in [6, 6.07) is 11.9. The zero-order chi connectivity index (χ0) is 21.5. The quantitative estimate of drug-likeness (QED) is 0.512. The highest BCUT2D eigenvalue weighted by atomic mass is 79.9. The van der Waals surface area contributed by atoms with Crippen molar-refractivity contribution in [2.24, 2.45) is 0 Å². The minimum absolute atomic E-state index is 0.0913. The van der Waals surface area contributed by atoms with Crippen molar-refractivity contribution in [2.75, 3.05) is 48.3 Å². The number of ketones is 1. The minimum atomic E-state index is -0.164. The van der Waals surface area contributed by atoms with Gasteiger partial charge >= 0.3 is 6.03 Å². The Hall–Kier alpha value is -2.38. The maximum absolute atomic E-state index is 13.4. The Labute approximate surface area is 191 Å². The van der Waals surface area contributed by atoms with Crippen LogP contribution < -0.4 is 15.1 Å². The number of carbonyl (C=O) groups is 2. The van der Waals surface area contributed by atoms with Crippen LogP contribution in [0.4, 0.5) is 21.9 Å². The third kappa shape index (κ3) is 3.85. The van der Waals surface area contributed by atoms with Gasteiger partial charge in [0.1, 0.15) is 0 Å². The molecule has 3 aliphatic rings. The number of urea groups is 1. The summed E-state index contributed by atoms with van der Waals surface area (Å²) in [6.45, 7) is 4.06. The van der Waals surface area contributed by atoms with Crippen LogP contribution in [0.5, 0.6) is 0 Å². The third-order valence-corrected chi connectivity index (χ3v) is 7.37. The van der Waals surface area contributed by atoms with E-state index >= 15 is 0 Å². The third-order valence-electron chi connectivity index (χ3n) is 6.63. The second-order valence-corrected chi connectivity index (χ2v) is 9.71. The molecule has 1 aliphatic carbocycles. The van der Waals surface area contributed by atoms with Crippen LogP contribution in [0.1, 0.15) is 34.3 Å². The summed E-state index contributed by atoms with van der Waals surface area (Å²) >= 11 is 3.70. The van der Waals surface area contributed by atoms with Crippen molar-refractivity contribution in [3.63, 3.8) is 0 Å². The van der Waals surface area contributed by atoms with Crippen molar-refractivity contribution in [1.82, 2.24) is 4.90 Å². The van der Waals surface area contributed by atoms with E-state index in [2.05, 4.69) is 56.3 Å². The lowest BCUT2D eigenvalue weighted by molar-refractivity contribution is 0.0972. The normalized spacial score (nSPS) is 21.1. The van der Waals surface area contributed by atoms with Gasteiger partial charge in [0, 0.05) is 56.0 Å². The van der Waals surface area contributed by atoms with E-state index in [0.717, 1.165) is 73.6 Å². The number of fused-ring (bicyclic) bond motifs is 2. The highest BCUT2D eigenvalue weighted by molar-refractivity contribution is 9.09. The number of anilines is 3. The molecule has 0 unspecified atom stereocenters. The Kier molecular flexibility index (Phi) is 5.48. The highest BCUT2D eigenvalue weighted by Gasteiger charge is 2.33. The van der Waals surface area contributed by atoms with E-state index in [0.29, 0.717) is 6.42 Å². The first kappa shape index (κ1) is 20.5. The molecule has 1 atom stereocenters. The number of amides is 2. The van der Waals surface area contributed by atoms with Gasteiger partial charge in [0.15, 0.2) is 5.78 Å². The predicted octanol–water partition coefficient (Wildman–Crippen LogP) is 4.27. The molecule has 7 heteroatoms. The SMILES string of the molecule is CN1CCN(c2ccc3c(c2)N(C(=O)Nc2cccc4c2CCCC4=O)[C@@H](Br)C3)CC1. The molecule has 0 spiro atoms. The fourth-order valence-electron chi connectivity index (χ4n) is 4.84. The molecule has 0 aromatic heterocycles. The summed E-state index contributed by atoms with van der Waals surface area (Å²) in [6.07, 6.45) is 3.01. The average molecular weight is 483 g/mol. The molecular weight excluding hydrogens is 456 g/mol. The lowest BCUT2D eigenvalue weighted by Gasteiger charge is -2.34. The molecule has 31 heavy (non-hydrogen) atoms. The minimum Gasteiger partial charge on any atom is -0.369 e. The largest absolute Gasteiger partial charge is 0.369 e. The molecule has 0 radical (unpaired) electrons. The zero-order valence-electron chi connectivity index (χ0n) is 17.7. The van der Waals surface area contributed by atoms with E-state index < -0.39 is 0 Å². The number of Topliss-reactive ketones (excluding diaryl/α,β-unsaturated/α-hetero) is 1. The zero-order valence-corrected chi connectivity index (χ0v) is 19.3. The molecule has 1 N–H and O–H groups in total. The van der Waals surface area contributed by atoms with Crippen LogP contribution in [0.25, 0.3) is 0 Å². The number of halogens is 1. The van der Waals surface area contributed by atoms with Crippen LogP contribution >= 0.6 is 15.9 Å². The summed E-state index contributed by atoms with van der Waals surface area (Å²) in [5.41, 5.74) is 5.74. The van der Waals surface area contributed by atoms with Crippen molar-refractivity contribution < 1.29 is 9.59 Å². The van der Waals surface area contributed by atoms with Gasteiger partial charge in [-0.25, -0.2) is 4.79 Å². The fraction of sp³-hybridized carbons (Fsp3) is 0.417. The number of nitrogens with zero attached hydrogens (tertiary/aromatic N) is 3. The number of likely N-dealkylation sites (N-methyl/N-ethyl adjacent to an activating group) is 1. The lowest BCUT2D eigenvalue weighted by atomic mass is 9.89. The van der Waals surface area contributed by atoms with Gasteiger partial charge in [0.05, 0.1) is 10.6 Å². The van der Waals surface area contributed by atoms with Gasteiger partial charge in [0.25, 0.3) is 0 Å². The van der Waals surface area contributed by atoms with E-state index in [1.54, 1.807) is 4.90 Å². The van der Waals surface area contributed by atoms with Crippen LogP contribution in [-0.4, -0.2) is 54.9 Å². The van der Waals surface area contributed by atoms with Gasteiger partial charge < -0.3 is 15.1 Å². The number of alkyl halides is 1. The molecule has 162 valence electrons. The second kappa shape index (κ2) is 8.28. The summed E-state index contributed by atoms with van der Waals surface area (Å²) in [7, 11) is 2.15. The topological polar surface area (TPSA) is 55.9 Å². The molecule has 6 nitrogen and oxygen atoms in total. The van der Waals surface area contributed by atoms with Crippen molar-refractivity contribution >= 4 is 44.8 Å². The Morgan fingerprint density at radius 3 is 2.71 bits per heavy atom.